The lowest BCUT2D eigenvalue weighted by atomic mass is 9.91. The molecule has 0 saturated carbocycles. The molecular formula is C12H15N3O2S. The molecule has 1 aromatic rings. The minimum absolute atomic E-state index is 0.146. The molecule has 0 bridgehead atoms. The molecule has 0 aliphatic carbocycles. The number of rotatable bonds is 4. The van der Waals surface area contributed by atoms with Crippen molar-refractivity contribution in [3.05, 3.63) is 17.0 Å². The van der Waals surface area contributed by atoms with E-state index in [1.165, 1.54) is 11.3 Å². The number of anilines is 1. The van der Waals surface area contributed by atoms with Crippen LogP contribution in [0.1, 0.15) is 18.9 Å². The number of nitrogens with zero attached hydrogens (tertiary/aromatic N) is 2. The molecule has 1 fully saturated rings. The maximum absolute atomic E-state index is 11.7. The summed E-state index contributed by atoms with van der Waals surface area (Å²) in [6.07, 6.45) is 0.703. The number of nitriles is 1. The van der Waals surface area contributed by atoms with Crippen LogP contribution < -0.4 is 5.32 Å². The second kappa shape index (κ2) is 5.06. The van der Waals surface area contributed by atoms with E-state index in [-0.39, 0.29) is 12.5 Å². The summed E-state index contributed by atoms with van der Waals surface area (Å²) in [4.78, 5) is 13.6. The second-order valence-electron chi connectivity index (χ2n) is 4.55. The Kier molecular flexibility index (Phi) is 3.66. The first-order chi connectivity index (χ1) is 8.56. The van der Waals surface area contributed by atoms with E-state index in [9.17, 15) is 9.90 Å². The Balaban J connectivity index is 1.83. The van der Waals surface area contributed by atoms with Gasteiger partial charge < -0.3 is 10.4 Å². The smallest absolute Gasteiger partial charge is 0.239 e. The van der Waals surface area contributed by atoms with E-state index in [4.69, 9.17) is 5.26 Å². The number of hydrogen-bond acceptors (Lipinski definition) is 5. The molecule has 1 aliphatic rings. The van der Waals surface area contributed by atoms with E-state index < -0.39 is 5.60 Å². The fourth-order valence-corrected chi connectivity index (χ4v) is 2.74. The van der Waals surface area contributed by atoms with Gasteiger partial charge >= 0.3 is 0 Å². The molecule has 6 heteroatoms. The third-order valence-electron chi connectivity index (χ3n) is 3.10. The number of likely N-dealkylation sites (tertiary alicyclic amines) is 1. The maximum atomic E-state index is 11.7. The first-order valence-corrected chi connectivity index (χ1v) is 6.66. The van der Waals surface area contributed by atoms with Crippen LogP contribution >= 0.6 is 11.3 Å². The van der Waals surface area contributed by atoms with Gasteiger partial charge in [0.15, 0.2) is 0 Å². The average molecular weight is 265 g/mol. The van der Waals surface area contributed by atoms with Crippen molar-refractivity contribution >= 4 is 22.2 Å². The van der Waals surface area contributed by atoms with Crippen LogP contribution in [0.3, 0.4) is 0 Å². The van der Waals surface area contributed by atoms with Gasteiger partial charge in [0.2, 0.25) is 5.91 Å². The summed E-state index contributed by atoms with van der Waals surface area (Å²) in [5.41, 5.74) is -0.136. The van der Waals surface area contributed by atoms with Gasteiger partial charge in [-0.25, -0.2) is 0 Å². The molecule has 2 rings (SSSR count). The van der Waals surface area contributed by atoms with E-state index in [1.807, 2.05) is 17.9 Å². The predicted octanol–water partition coefficient (Wildman–Crippen LogP) is 1.01. The number of nitrogens with one attached hydrogen (secondary N) is 1. The van der Waals surface area contributed by atoms with Crippen molar-refractivity contribution in [2.24, 2.45) is 0 Å². The Labute approximate surface area is 110 Å². The molecule has 5 nitrogen and oxygen atoms in total. The molecule has 0 unspecified atom stereocenters. The molecule has 0 atom stereocenters. The van der Waals surface area contributed by atoms with Crippen molar-refractivity contribution < 1.29 is 9.90 Å². The molecule has 2 heterocycles. The van der Waals surface area contributed by atoms with E-state index in [0.717, 1.165) is 0 Å². The van der Waals surface area contributed by atoms with Gasteiger partial charge in [-0.2, -0.15) is 5.26 Å². The van der Waals surface area contributed by atoms with Crippen LogP contribution in [-0.2, 0) is 4.79 Å². The molecule has 0 radical (unpaired) electrons. The van der Waals surface area contributed by atoms with Gasteiger partial charge in [0.25, 0.3) is 0 Å². The van der Waals surface area contributed by atoms with E-state index in [1.54, 1.807) is 11.4 Å². The van der Waals surface area contributed by atoms with Crippen molar-refractivity contribution in [3.8, 4) is 6.07 Å². The Hall–Kier alpha value is -1.42. The normalized spacial score (nSPS) is 17.8. The van der Waals surface area contributed by atoms with Crippen LogP contribution in [-0.4, -0.2) is 41.1 Å². The van der Waals surface area contributed by atoms with Gasteiger partial charge in [0.1, 0.15) is 11.1 Å². The minimum Gasteiger partial charge on any atom is -0.387 e. The molecule has 1 aliphatic heterocycles. The summed E-state index contributed by atoms with van der Waals surface area (Å²) in [6.45, 7) is 3.26. The number of β-amino-alcohol motifs (C(OH)–C–C–N with tert-alkyl or cyclic N) is 1. The van der Waals surface area contributed by atoms with Gasteiger partial charge in [-0.15, -0.1) is 11.3 Å². The third kappa shape index (κ3) is 2.70. The molecular weight excluding hydrogens is 250 g/mol. The fourth-order valence-electron chi connectivity index (χ4n) is 1.98. The van der Waals surface area contributed by atoms with Crippen molar-refractivity contribution in [2.75, 3.05) is 25.0 Å². The second-order valence-corrected chi connectivity index (χ2v) is 5.46. The van der Waals surface area contributed by atoms with Crippen molar-refractivity contribution in [1.29, 1.82) is 5.26 Å². The first kappa shape index (κ1) is 13.0. The van der Waals surface area contributed by atoms with E-state index in [0.29, 0.717) is 30.1 Å². The maximum Gasteiger partial charge on any atom is 0.239 e. The van der Waals surface area contributed by atoms with Crippen LogP contribution in [0.15, 0.2) is 11.4 Å². The van der Waals surface area contributed by atoms with Gasteiger partial charge in [-0.3, -0.25) is 9.69 Å². The highest BCUT2D eigenvalue weighted by Crippen LogP contribution is 2.25. The van der Waals surface area contributed by atoms with Crippen LogP contribution in [0.5, 0.6) is 0 Å². The highest BCUT2D eigenvalue weighted by Gasteiger charge is 2.39. The van der Waals surface area contributed by atoms with Crippen molar-refractivity contribution in [1.82, 2.24) is 4.90 Å². The standard InChI is InChI=1S/C12H15N3O2S/c1-2-12(17)7-15(8-12)6-10(16)14-11-9(5-13)3-4-18-11/h3-4,17H,2,6-8H2,1H3,(H,14,16). The SMILES string of the molecule is CCC1(O)CN(CC(=O)Nc2sccc2C#N)C1. The number of carbonyl (C=O) groups is 1. The highest BCUT2D eigenvalue weighted by molar-refractivity contribution is 7.14. The van der Waals surface area contributed by atoms with Crippen molar-refractivity contribution in [3.63, 3.8) is 0 Å². The Morgan fingerprint density at radius 3 is 3.06 bits per heavy atom. The number of amides is 1. The first-order valence-electron chi connectivity index (χ1n) is 5.78. The molecule has 0 aromatic carbocycles. The van der Waals surface area contributed by atoms with Gasteiger partial charge in [0.05, 0.1) is 17.7 Å². The monoisotopic (exact) mass is 265 g/mol. The van der Waals surface area contributed by atoms with Crippen LogP contribution in [0.4, 0.5) is 5.00 Å². The largest absolute Gasteiger partial charge is 0.387 e. The van der Waals surface area contributed by atoms with Gasteiger partial charge in [-0.05, 0) is 17.9 Å². The fraction of sp³-hybridized carbons (Fsp3) is 0.500. The van der Waals surface area contributed by atoms with E-state index in [2.05, 4.69) is 5.32 Å². The summed E-state index contributed by atoms with van der Waals surface area (Å²) in [5.74, 6) is -0.146. The summed E-state index contributed by atoms with van der Waals surface area (Å²) in [7, 11) is 0. The average Bonchev–Trinajstić information content (AvgIpc) is 2.73. The number of aliphatic hydroxyl groups is 1. The zero-order valence-corrected chi connectivity index (χ0v) is 11.0. The minimum atomic E-state index is -0.624. The molecule has 96 valence electrons. The lowest BCUT2D eigenvalue weighted by Crippen LogP contribution is -2.62. The lowest BCUT2D eigenvalue weighted by Gasteiger charge is -2.45. The molecule has 0 spiro atoms. The zero-order chi connectivity index (χ0) is 13.2. The summed E-state index contributed by atoms with van der Waals surface area (Å²) in [5, 5.41) is 23.7. The van der Waals surface area contributed by atoms with Crippen LogP contribution in [0.2, 0.25) is 0 Å². The Bertz CT molecular complexity index is 486. The van der Waals surface area contributed by atoms with E-state index >= 15 is 0 Å². The summed E-state index contributed by atoms with van der Waals surface area (Å²) in [6, 6.07) is 3.71. The highest BCUT2D eigenvalue weighted by atomic mass is 32.1. The number of hydrogen-bond donors (Lipinski definition) is 2. The Morgan fingerprint density at radius 2 is 2.44 bits per heavy atom. The zero-order valence-electron chi connectivity index (χ0n) is 10.1. The molecule has 1 saturated heterocycles. The van der Waals surface area contributed by atoms with Gasteiger partial charge in [-0.1, -0.05) is 6.92 Å². The topological polar surface area (TPSA) is 76.4 Å². The molecule has 1 aromatic heterocycles. The van der Waals surface area contributed by atoms with Gasteiger partial charge in [0, 0.05) is 13.1 Å². The quantitative estimate of drug-likeness (QED) is 0.852. The third-order valence-corrected chi connectivity index (χ3v) is 3.93. The molecule has 2 N–H and O–H groups in total. The molecule has 1 amide bonds. The van der Waals surface area contributed by atoms with Crippen LogP contribution in [0, 0.1) is 11.3 Å². The summed E-state index contributed by atoms with van der Waals surface area (Å²) >= 11 is 1.34. The van der Waals surface area contributed by atoms with Crippen LogP contribution in [0.25, 0.3) is 0 Å². The van der Waals surface area contributed by atoms with Crippen molar-refractivity contribution in [2.45, 2.75) is 18.9 Å². The molecule has 18 heavy (non-hydrogen) atoms. The number of thiophene rings is 1. The Morgan fingerprint density at radius 1 is 1.72 bits per heavy atom. The number of carbonyl (C=O) groups excluding carboxylic acids is 1. The summed E-state index contributed by atoms with van der Waals surface area (Å²) < 4.78 is 0. The lowest BCUT2D eigenvalue weighted by molar-refractivity contribution is -0.128. The predicted molar refractivity (Wildman–Crippen MR) is 69.3 cm³/mol.